The highest BCUT2D eigenvalue weighted by Gasteiger charge is 2.38. The number of hydrogen-bond donors (Lipinski definition) is 0. The van der Waals surface area contributed by atoms with Crippen molar-refractivity contribution in [3.63, 3.8) is 0 Å². The molecule has 0 heterocycles. The Labute approximate surface area is 186 Å². The maximum absolute atomic E-state index is 15.6. The Morgan fingerprint density at radius 3 is 2.58 bits per heavy atom. The van der Waals surface area contributed by atoms with Crippen molar-refractivity contribution in [1.29, 1.82) is 0 Å². The second-order valence-corrected chi connectivity index (χ2v) is 10.6. The molecule has 0 aromatic heterocycles. The zero-order chi connectivity index (χ0) is 21.8. The Kier molecular flexibility index (Phi) is 7.82. The van der Waals surface area contributed by atoms with E-state index in [2.05, 4.69) is 6.92 Å². The highest BCUT2D eigenvalue weighted by atomic mass is 19.1. The van der Waals surface area contributed by atoms with E-state index in [-0.39, 0.29) is 17.6 Å². The first-order valence-corrected chi connectivity index (χ1v) is 12.9. The lowest BCUT2D eigenvalue weighted by atomic mass is 9.63. The SMILES string of the molecule is CCCCCCC1CCc2c(cc(F)c(C3CCC4CC(/C=C/F)CCC4C3)c2F)C1. The van der Waals surface area contributed by atoms with E-state index in [0.717, 1.165) is 68.9 Å². The van der Waals surface area contributed by atoms with Crippen LogP contribution in [0.2, 0.25) is 0 Å². The van der Waals surface area contributed by atoms with Crippen LogP contribution in [-0.2, 0) is 12.8 Å². The standard InChI is InChI=1S/C28H39F3/c1-2-3-4-5-6-19-8-12-25-24(16-19)18-26(30)27(28(25)31)23-11-10-21-15-20(13-14-29)7-9-22(21)17-23/h13-14,18-23H,2-12,15-17H2,1H3/b14-13+. The Morgan fingerprint density at radius 2 is 1.77 bits per heavy atom. The molecule has 1 aromatic carbocycles. The molecule has 0 saturated heterocycles. The van der Waals surface area contributed by atoms with Crippen LogP contribution in [-0.4, -0.2) is 0 Å². The number of unbranched alkanes of at least 4 members (excludes halogenated alkanes) is 3. The van der Waals surface area contributed by atoms with Gasteiger partial charge in [-0.05, 0) is 105 Å². The lowest BCUT2D eigenvalue weighted by Gasteiger charge is -2.42. The monoisotopic (exact) mass is 432 g/mol. The maximum Gasteiger partial charge on any atom is 0.133 e. The summed E-state index contributed by atoms with van der Waals surface area (Å²) in [5.41, 5.74) is 2.11. The summed E-state index contributed by atoms with van der Waals surface area (Å²) in [5, 5.41) is 0. The summed E-state index contributed by atoms with van der Waals surface area (Å²) >= 11 is 0. The van der Waals surface area contributed by atoms with Crippen LogP contribution in [0, 0.1) is 35.3 Å². The van der Waals surface area contributed by atoms with E-state index in [1.165, 1.54) is 32.1 Å². The summed E-state index contributed by atoms with van der Waals surface area (Å²) in [4.78, 5) is 0. The van der Waals surface area contributed by atoms with Crippen molar-refractivity contribution in [1.82, 2.24) is 0 Å². The van der Waals surface area contributed by atoms with Gasteiger partial charge in [0.1, 0.15) is 11.6 Å². The molecular formula is C28H39F3. The van der Waals surface area contributed by atoms with Crippen LogP contribution in [0.4, 0.5) is 13.2 Å². The normalized spacial score (nSPS) is 30.9. The minimum absolute atomic E-state index is 0.00610. The average molecular weight is 433 g/mol. The van der Waals surface area contributed by atoms with Crippen molar-refractivity contribution >= 4 is 0 Å². The highest BCUT2D eigenvalue weighted by molar-refractivity contribution is 5.39. The van der Waals surface area contributed by atoms with Gasteiger partial charge in [-0.1, -0.05) is 45.1 Å². The van der Waals surface area contributed by atoms with Crippen molar-refractivity contribution in [3.8, 4) is 0 Å². The molecule has 3 aliphatic carbocycles. The lowest BCUT2D eigenvalue weighted by molar-refractivity contribution is 0.131. The molecule has 5 atom stereocenters. The molecule has 172 valence electrons. The van der Waals surface area contributed by atoms with Gasteiger partial charge in [0.05, 0.1) is 6.33 Å². The van der Waals surface area contributed by atoms with Crippen molar-refractivity contribution in [3.05, 3.63) is 46.8 Å². The van der Waals surface area contributed by atoms with E-state index < -0.39 is 0 Å². The van der Waals surface area contributed by atoms with Crippen LogP contribution in [0.1, 0.15) is 107 Å². The minimum Gasteiger partial charge on any atom is -0.216 e. The molecule has 0 radical (unpaired) electrons. The van der Waals surface area contributed by atoms with Crippen molar-refractivity contribution in [2.24, 2.45) is 23.7 Å². The smallest absolute Gasteiger partial charge is 0.133 e. The van der Waals surface area contributed by atoms with Gasteiger partial charge in [0.2, 0.25) is 0 Å². The zero-order valence-electron chi connectivity index (χ0n) is 19.2. The highest BCUT2D eigenvalue weighted by Crippen LogP contribution is 2.49. The molecule has 4 rings (SSSR count). The quantitative estimate of drug-likeness (QED) is 0.378. The molecule has 1 aromatic rings. The minimum atomic E-state index is -0.305. The number of hydrogen-bond acceptors (Lipinski definition) is 0. The lowest BCUT2D eigenvalue weighted by Crippen LogP contribution is -2.31. The first-order chi connectivity index (χ1) is 15.1. The van der Waals surface area contributed by atoms with E-state index in [4.69, 9.17) is 0 Å². The number of benzene rings is 1. The number of halogens is 3. The summed E-state index contributed by atoms with van der Waals surface area (Å²) in [6.45, 7) is 2.22. The van der Waals surface area contributed by atoms with Crippen LogP contribution < -0.4 is 0 Å². The molecule has 0 N–H and O–H groups in total. The van der Waals surface area contributed by atoms with Gasteiger partial charge in [0.15, 0.2) is 0 Å². The Morgan fingerprint density at radius 1 is 0.968 bits per heavy atom. The van der Waals surface area contributed by atoms with Crippen LogP contribution >= 0.6 is 0 Å². The molecule has 31 heavy (non-hydrogen) atoms. The van der Waals surface area contributed by atoms with Crippen LogP contribution in [0.3, 0.4) is 0 Å². The third kappa shape index (κ3) is 5.22. The fourth-order valence-electron chi connectivity index (χ4n) is 6.89. The van der Waals surface area contributed by atoms with E-state index in [9.17, 15) is 4.39 Å². The second kappa shape index (κ2) is 10.6. The van der Waals surface area contributed by atoms with Gasteiger partial charge in [0.25, 0.3) is 0 Å². The fourth-order valence-corrected chi connectivity index (χ4v) is 6.89. The summed E-state index contributed by atoms with van der Waals surface area (Å²) in [7, 11) is 0. The molecule has 0 aliphatic heterocycles. The third-order valence-electron chi connectivity index (χ3n) is 8.63. The topological polar surface area (TPSA) is 0 Å². The number of rotatable bonds is 7. The molecule has 2 saturated carbocycles. The van der Waals surface area contributed by atoms with E-state index >= 15 is 8.78 Å². The average Bonchev–Trinajstić information content (AvgIpc) is 2.77. The molecule has 0 nitrogen and oxygen atoms in total. The Balaban J connectivity index is 1.43. The second-order valence-electron chi connectivity index (χ2n) is 10.6. The van der Waals surface area contributed by atoms with Gasteiger partial charge in [0, 0.05) is 5.56 Å². The van der Waals surface area contributed by atoms with Crippen LogP contribution in [0.25, 0.3) is 0 Å². The molecular weight excluding hydrogens is 393 g/mol. The number of fused-ring (bicyclic) bond motifs is 2. The largest absolute Gasteiger partial charge is 0.216 e. The molecule has 3 aliphatic rings. The van der Waals surface area contributed by atoms with Crippen molar-refractivity contribution in [2.45, 2.75) is 103 Å². The molecule has 0 bridgehead atoms. The van der Waals surface area contributed by atoms with Crippen molar-refractivity contribution < 1.29 is 13.2 Å². The predicted molar refractivity (Wildman–Crippen MR) is 122 cm³/mol. The van der Waals surface area contributed by atoms with Crippen LogP contribution in [0.5, 0.6) is 0 Å². The van der Waals surface area contributed by atoms with Gasteiger partial charge in [-0.15, -0.1) is 0 Å². The molecule has 3 heteroatoms. The third-order valence-corrected chi connectivity index (χ3v) is 8.63. The number of allylic oxidation sites excluding steroid dienone is 1. The van der Waals surface area contributed by atoms with E-state index in [1.54, 1.807) is 12.1 Å². The fraction of sp³-hybridized carbons (Fsp3) is 0.714. The summed E-state index contributed by atoms with van der Waals surface area (Å²) in [6, 6.07) is 1.68. The molecule has 0 spiro atoms. The van der Waals surface area contributed by atoms with Gasteiger partial charge >= 0.3 is 0 Å². The summed E-state index contributed by atoms with van der Waals surface area (Å²) in [5.74, 6) is 1.52. The van der Waals surface area contributed by atoms with Gasteiger partial charge in [-0.2, -0.15) is 0 Å². The molecule has 0 amide bonds. The predicted octanol–water partition coefficient (Wildman–Crippen LogP) is 8.82. The van der Waals surface area contributed by atoms with Crippen molar-refractivity contribution in [2.75, 3.05) is 0 Å². The zero-order valence-corrected chi connectivity index (χ0v) is 19.2. The van der Waals surface area contributed by atoms with E-state index in [1.807, 2.05) is 0 Å². The van der Waals surface area contributed by atoms with Gasteiger partial charge < -0.3 is 0 Å². The molecule has 2 fully saturated rings. The Hall–Kier alpha value is -1.25. The molecule has 5 unspecified atom stereocenters. The van der Waals surface area contributed by atoms with Crippen LogP contribution in [0.15, 0.2) is 18.5 Å². The van der Waals surface area contributed by atoms with Gasteiger partial charge in [-0.3, -0.25) is 0 Å². The first-order valence-electron chi connectivity index (χ1n) is 12.9. The first kappa shape index (κ1) is 22.9. The summed E-state index contributed by atoms with van der Waals surface area (Å²) < 4.78 is 43.3. The summed E-state index contributed by atoms with van der Waals surface area (Å²) in [6.07, 6.45) is 17.1. The van der Waals surface area contributed by atoms with Gasteiger partial charge in [-0.25, -0.2) is 13.2 Å². The maximum atomic E-state index is 15.6. The Bertz CT molecular complexity index is 768. The van der Waals surface area contributed by atoms with E-state index in [0.29, 0.717) is 35.6 Å².